The molecular weight excluding hydrogens is 250 g/mol. The van der Waals surface area contributed by atoms with Gasteiger partial charge < -0.3 is 4.74 Å². The van der Waals surface area contributed by atoms with Gasteiger partial charge in [-0.15, -0.1) is 0 Å². The van der Waals surface area contributed by atoms with Gasteiger partial charge in [0.15, 0.2) is 0 Å². The quantitative estimate of drug-likeness (QED) is 0.418. The molecule has 0 aromatic carbocycles. The average Bonchev–Trinajstić information content (AvgIpc) is 2.42. The van der Waals surface area contributed by atoms with Gasteiger partial charge in [0.2, 0.25) is 0 Å². The smallest absolute Gasteiger partial charge is 0.348 e. The summed E-state index contributed by atoms with van der Waals surface area (Å²) in [4.78, 5) is 11.8. The molecule has 3 heteroatoms. The third kappa shape index (κ3) is 6.23. The highest BCUT2D eigenvalue weighted by Crippen LogP contribution is 2.23. The minimum Gasteiger partial charge on any atom is -0.462 e. The van der Waals surface area contributed by atoms with Crippen LogP contribution in [0.15, 0.2) is 11.1 Å². The summed E-state index contributed by atoms with van der Waals surface area (Å²) in [5.74, 6) is -0.433. The van der Waals surface area contributed by atoms with Crippen LogP contribution in [-0.2, 0) is 9.53 Å². The summed E-state index contributed by atoms with van der Waals surface area (Å²) in [6, 6.07) is 2.07. The highest BCUT2D eigenvalue weighted by atomic mass is 16.5. The van der Waals surface area contributed by atoms with Gasteiger partial charge in [-0.25, -0.2) is 4.79 Å². The first-order chi connectivity index (χ1) is 9.79. The van der Waals surface area contributed by atoms with E-state index in [0.717, 1.165) is 31.3 Å². The Morgan fingerprint density at radius 2 is 1.45 bits per heavy atom. The Hall–Kier alpha value is -1.30. The fourth-order valence-corrected chi connectivity index (χ4v) is 2.76. The van der Waals surface area contributed by atoms with Gasteiger partial charge in [0.25, 0.3) is 0 Å². The number of nitrogens with zero attached hydrogens (tertiary/aromatic N) is 1. The van der Waals surface area contributed by atoms with Crippen molar-refractivity contribution in [3.05, 3.63) is 11.1 Å². The van der Waals surface area contributed by atoms with Crippen molar-refractivity contribution in [3.63, 3.8) is 0 Å². The molecule has 0 radical (unpaired) electrons. The predicted octanol–water partition coefficient (Wildman–Crippen LogP) is 4.67. The number of hydrogen-bond acceptors (Lipinski definition) is 3. The Morgan fingerprint density at radius 1 is 1.00 bits per heavy atom. The van der Waals surface area contributed by atoms with Crippen molar-refractivity contribution in [2.75, 3.05) is 6.61 Å². The van der Waals surface area contributed by atoms with Gasteiger partial charge in [-0.3, -0.25) is 0 Å². The first kappa shape index (κ1) is 16.8. The lowest BCUT2D eigenvalue weighted by molar-refractivity contribution is -0.138. The van der Waals surface area contributed by atoms with Crippen LogP contribution < -0.4 is 0 Å². The second-order valence-corrected chi connectivity index (χ2v) is 5.49. The number of rotatable bonds is 2. The molecule has 3 nitrogen and oxygen atoms in total. The highest BCUT2D eigenvalue weighted by Gasteiger charge is 2.16. The SMILES string of the molecule is CCOC(=O)C(C#N)=C1CCCCCCCCCCC1. The lowest BCUT2D eigenvalue weighted by atomic mass is 9.94. The number of allylic oxidation sites excluding steroid dienone is 1. The van der Waals surface area contributed by atoms with Gasteiger partial charge in [-0.2, -0.15) is 5.26 Å². The second-order valence-electron chi connectivity index (χ2n) is 5.49. The minimum atomic E-state index is -0.433. The fraction of sp³-hybridized carbons (Fsp3) is 0.765. The normalized spacial score (nSPS) is 18.3. The molecule has 1 saturated carbocycles. The number of carbonyl (C=O) groups excluding carboxylic acids is 1. The summed E-state index contributed by atoms with van der Waals surface area (Å²) >= 11 is 0. The molecule has 0 aliphatic heterocycles. The molecular formula is C17H27NO2. The van der Waals surface area contributed by atoms with Crippen LogP contribution in [0.4, 0.5) is 0 Å². The van der Waals surface area contributed by atoms with Crippen LogP contribution >= 0.6 is 0 Å². The highest BCUT2D eigenvalue weighted by molar-refractivity contribution is 5.93. The molecule has 0 atom stereocenters. The molecule has 0 heterocycles. The third-order valence-electron chi connectivity index (χ3n) is 3.90. The van der Waals surface area contributed by atoms with E-state index in [1.165, 1.54) is 44.9 Å². The van der Waals surface area contributed by atoms with Crippen LogP contribution in [0.25, 0.3) is 0 Å². The molecule has 0 saturated heterocycles. The zero-order chi connectivity index (χ0) is 14.6. The van der Waals surface area contributed by atoms with Crippen LogP contribution in [0, 0.1) is 11.3 Å². The molecule has 0 unspecified atom stereocenters. The van der Waals surface area contributed by atoms with Gasteiger partial charge in [0.05, 0.1) is 6.61 Å². The van der Waals surface area contributed by atoms with Crippen LogP contribution in [0.5, 0.6) is 0 Å². The number of hydrogen-bond donors (Lipinski definition) is 0. The number of ether oxygens (including phenoxy) is 1. The maximum absolute atomic E-state index is 11.8. The van der Waals surface area contributed by atoms with Crippen LogP contribution in [0.3, 0.4) is 0 Å². The summed E-state index contributed by atoms with van der Waals surface area (Å²) in [6.45, 7) is 2.11. The fourth-order valence-electron chi connectivity index (χ4n) is 2.76. The van der Waals surface area contributed by atoms with E-state index >= 15 is 0 Å². The summed E-state index contributed by atoms with van der Waals surface area (Å²) in [7, 11) is 0. The van der Waals surface area contributed by atoms with Crippen LogP contribution in [-0.4, -0.2) is 12.6 Å². The summed E-state index contributed by atoms with van der Waals surface area (Å²) in [5, 5.41) is 9.26. The second kappa shape index (κ2) is 10.5. The van der Waals surface area contributed by atoms with Crippen LogP contribution in [0.2, 0.25) is 0 Å². The largest absolute Gasteiger partial charge is 0.462 e. The maximum Gasteiger partial charge on any atom is 0.348 e. The van der Waals surface area contributed by atoms with Crippen molar-refractivity contribution in [1.82, 2.24) is 0 Å². The molecule has 0 amide bonds. The molecule has 20 heavy (non-hydrogen) atoms. The molecule has 1 rings (SSSR count). The Labute approximate surface area is 123 Å². The van der Waals surface area contributed by atoms with E-state index in [9.17, 15) is 10.1 Å². The standard InChI is InChI=1S/C17H27NO2/c1-2-20-17(19)16(14-18)15-12-10-8-6-4-3-5-7-9-11-13-15/h2-13H2,1H3. The summed E-state index contributed by atoms with van der Waals surface area (Å²) in [6.07, 6.45) is 12.9. The summed E-state index contributed by atoms with van der Waals surface area (Å²) < 4.78 is 5.00. The third-order valence-corrected chi connectivity index (χ3v) is 3.90. The monoisotopic (exact) mass is 277 g/mol. The maximum atomic E-state index is 11.8. The van der Waals surface area contributed by atoms with E-state index < -0.39 is 5.97 Å². The van der Waals surface area contributed by atoms with Crippen molar-refractivity contribution in [1.29, 1.82) is 5.26 Å². The Bertz CT molecular complexity index is 352. The average molecular weight is 277 g/mol. The first-order valence-electron chi connectivity index (χ1n) is 8.08. The van der Waals surface area contributed by atoms with Gasteiger partial charge in [0, 0.05) is 0 Å². The molecule has 0 aromatic rings. The van der Waals surface area contributed by atoms with Crippen molar-refractivity contribution < 1.29 is 9.53 Å². The van der Waals surface area contributed by atoms with E-state index in [2.05, 4.69) is 6.07 Å². The molecule has 0 N–H and O–H groups in total. The Kier molecular flexibility index (Phi) is 8.78. The van der Waals surface area contributed by atoms with Gasteiger partial charge in [-0.05, 0) is 38.2 Å². The molecule has 112 valence electrons. The van der Waals surface area contributed by atoms with Crippen LogP contribution in [0.1, 0.15) is 77.6 Å². The van der Waals surface area contributed by atoms with Crippen molar-refractivity contribution in [2.24, 2.45) is 0 Å². The molecule has 1 aliphatic rings. The summed E-state index contributed by atoms with van der Waals surface area (Å²) in [5.41, 5.74) is 1.29. The molecule has 0 spiro atoms. The topological polar surface area (TPSA) is 50.1 Å². The number of esters is 1. The first-order valence-corrected chi connectivity index (χ1v) is 8.08. The number of nitriles is 1. The Morgan fingerprint density at radius 3 is 1.85 bits per heavy atom. The molecule has 0 aromatic heterocycles. The lowest BCUT2D eigenvalue weighted by Crippen LogP contribution is -2.09. The van der Waals surface area contributed by atoms with E-state index in [-0.39, 0.29) is 5.57 Å². The van der Waals surface area contributed by atoms with Gasteiger partial charge in [-0.1, -0.05) is 44.9 Å². The van der Waals surface area contributed by atoms with Gasteiger partial charge in [0.1, 0.15) is 11.6 Å². The van der Waals surface area contributed by atoms with Crippen molar-refractivity contribution in [2.45, 2.75) is 77.6 Å². The van der Waals surface area contributed by atoms with Crippen molar-refractivity contribution in [3.8, 4) is 6.07 Å². The van der Waals surface area contributed by atoms with E-state index in [4.69, 9.17) is 4.74 Å². The predicted molar refractivity (Wildman–Crippen MR) is 80.1 cm³/mol. The van der Waals surface area contributed by atoms with E-state index in [1.54, 1.807) is 6.92 Å². The Balaban J connectivity index is 2.72. The van der Waals surface area contributed by atoms with Gasteiger partial charge >= 0.3 is 5.97 Å². The number of carbonyl (C=O) groups is 1. The molecule has 0 bridgehead atoms. The van der Waals surface area contributed by atoms with E-state index in [0.29, 0.717) is 6.61 Å². The minimum absolute atomic E-state index is 0.268. The molecule has 1 fully saturated rings. The zero-order valence-corrected chi connectivity index (χ0v) is 12.7. The zero-order valence-electron chi connectivity index (χ0n) is 12.7. The van der Waals surface area contributed by atoms with Crippen molar-refractivity contribution >= 4 is 5.97 Å². The lowest BCUT2D eigenvalue weighted by Gasteiger charge is -2.12. The molecule has 1 aliphatic carbocycles. The van der Waals surface area contributed by atoms with E-state index in [1.807, 2.05) is 0 Å².